The predicted molar refractivity (Wildman–Crippen MR) is 83.2 cm³/mol. The standard InChI is InChI=1S/C18H11NO2/c20-16-11-18(21-17-8-4-2-6-13(16)17)15-10-9-12-5-1-3-7-14(12)19-15/h1-11H. The summed E-state index contributed by atoms with van der Waals surface area (Å²) >= 11 is 0. The van der Waals surface area contributed by atoms with E-state index in [2.05, 4.69) is 4.98 Å². The second-order valence-electron chi connectivity index (χ2n) is 4.86. The molecule has 0 atom stereocenters. The van der Waals surface area contributed by atoms with Gasteiger partial charge in [-0.1, -0.05) is 36.4 Å². The first kappa shape index (κ1) is 11.9. The monoisotopic (exact) mass is 273 g/mol. The average molecular weight is 273 g/mol. The van der Waals surface area contributed by atoms with Crippen LogP contribution in [0.5, 0.6) is 0 Å². The fraction of sp³-hybridized carbons (Fsp3) is 0. The summed E-state index contributed by atoms with van der Waals surface area (Å²) in [5.74, 6) is 0.490. The summed E-state index contributed by atoms with van der Waals surface area (Å²) in [7, 11) is 0. The predicted octanol–water partition coefficient (Wildman–Crippen LogP) is 4.01. The Labute approximate surface area is 120 Å². The summed E-state index contributed by atoms with van der Waals surface area (Å²) in [6.07, 6.45) is 0. The average Bonchev–Trinajstić information content (AvgIpc) is 2.54. The zero-order valence-corrected chi connectivity index (χ0v) is 11.1. The third-order valence-electron chi connectivity index (χ3n) is 3.49. The van der Waals surface area contributed by atoms with Crippen molar-refractivity contribution in [2.45, 2.75) is 0 Å². The number of rotatable bonds is 1. The van der Waals surface area contributed by atoms with Gasteiger partial charge < -0.3 is 4.42 Å². The molecule has 0 spiro atoms. The molecule has 0 unspecified atom stereocenters. The van der Waals surface area contributed by atoms with E-state index < -0.39 is 0 Å². The molecule has 0 aliphatic rings. The number of pyridine rings is 1. The molecular formula is C18H11NO2. The second kappa shape index (κ2) is 4.56. The van der Waals surface area contributed by atoms with Gasteiger partial charge in [0.05, 0.1) is 10.9 Å². The van der Waals surface area contributed by atoms with E-state index in [1.54, 1.807) is 12.1 Å². The minimum Gasteiger partial charge on any atom is -0.454 e. The van der Waals surface area contributed by atoms with Crippen LogP contribution in [0.4, 0.5) is 0 Å². The van der Waals surface area contributed by atoms with Gasteiger partial charge in [0.1, 0.15) is 11.3 Å². The van der Waals surface area contributed by atoms with Crippen LogP contribution in [0, 0.1) is 0 Å². The van der Waals surface area contributed by atoms with E-state index in [0.29, 0.717) is 22.4 Å². The van der Waals surface area contributed by atoms with Crippen molar-refractivity contribution >= 4 is 21.9 Å². The van der Waals surface area contributed by atoms with Gasteiger partial charge >= 0.3 is 0 Å². The van der Waals surface area contributed by atoms with E-state index >= 15 is 0 Å². The molecule has 0 bridgehead atoms. The van der Waals surface area contributed by atoms with Crippen LogP contribution in [0.1, 0.15) is 0 Å². The Morgan fingerprint density at radius 1 is 0.857 bits per heavy atom. The summed E-state index contributed by atoms with van der Waals surface area (Å²) in [4.78, 5) is 16.7. The van der Waals surface area contributed by atoms with Gasteiger partial charge in [-0.2, -0.15) is 0 Å². The van der Waals surface area contributed by atoms with Gasteiger partial charge in [-0.25, -0.2) is 4.98 Å². The first-order chi connectivity index (χ1) is 10.3. The number of fused-ring (bicyclic) bond motifs is 2. The van der Waals surface area contributed by atoms with Crippen LogP contribution in [0.15, 0.2) is 75.9 Å². The minimum absolute atomic E-state index is 0.0539. The molecule has 4 aromatic rings. The van der Waals surface area contributed by atoms with Crippen LogP contribution in [-0.4, -0.2) is 4.98 Å². The Morgan fingerprint density at radius 2 is 1.67 bits per heavy atom. The maximum absolute atomic E-state index is 12.1. The van der Waals surface area contributed by atoms with Crippen molar-refractivity contribution in [3.63, 3.8) is 0 Å². The normalized spacial score (nSPS) is 11.0. The van der Waals surface area contributed by atoms with E-state index in [1.807, 2.05) is 48.5 Å². The van der Waals surface area contributed by atoms with Crippen LogP contribution in [0.2, 0.25) is 0 Å². The Hall–Kier alpha value is -2.94. The zero-order valence-electron chi connectivity index (χ0n) is 11.1. The van der Waals surface area contributed by atoms with Crippen LogP contribution in [0.25, 0.3) is 33.3 Å². The highest BCUT2D eigenvalue weighted by molar-refractivity contribution is 5.82. The van der Waals surface area contributed by atoms with Gasteiger partial charge in [-0.3, -0.25) is 4.79 Å². The second-order valence-corrected chi connectivity index (χ2v) is 4.86. The molecule has 0 aliphatic heterocycles. The number of aromatic nitrogens is 1. The number of hydrogen-bond acceptors (Lipinski definition) is 3. The third-order valence-corrected chi connectivity index (χ3v) is 3.49. The quantitative estimate of drug-likeness (QED) is 0.526. The highest BCUT2D eigenvalue weighted by Gasteiger charge is 2.08. The van der Waals surface area contributed by atoms with Crippen molar-refractivity contribution < 1.29 is 4.42 Å². The van der Waals surface area contributed by atoms with Gasteiger partial charge in [0.25, 0.3) is 0 Å². The van der Waals surface area contributed by atoms with Crippen LogP contribution in [-0.2, 0) is 0 Å². The number of para-hydroxylation sites is 2. The molecule has 0 amide bonds. The number of nitrogens with zero attached hydrogens (tertiary/aromatic N) is 1. The van der Waals surface area contributed by atoms with Crippen LogP contribution < -0.4 is 5.43 Å². The Balaban J connectivity index is 1.97. The summed E-state index contributed by atoms with van der Waals surface area (Å²) < 4.78 is 5.82. The lowest BCUT2D eigenvalue weighted by Crippen LogP contribution is -2.00. The molecule has 2 aromatic heterocycles. The third kappa shape index (κ3) is 1.99. The van der Waals surface area contributed by atoms with Gasteiger partial charge in [-0.15, -0.1) is 0 Å². The van der Waals surface area contributed by atoms with Gasteiger partial charge in [0.2, 0.25) is 0 Å². The van der Waals surface area contributed by atoms with E-state index in [9.17, 15) is 4.79 Å². The largest absolute Gasteiger partial charge is 0.454 e. The SMILES string of the molecule is O=c1cc(-c2ccc3ccccc3n2)oc2ccccc12. The summed E-state index contributed by atoms with van der Waals surface area (Å²) in [5.41, 5.74) is 2.07. The fourth-order valence-corrected chi connectivity index (χ4v) is 2.43. The van der Waals surface area contributed by atoms with E-state index in [0.717, 1.165) is 10.9 Å². The summed E-state index contributed by atoms with van der Waals surface area (Å²) in [6.45, 7) is 0. The Morgan fingerprint density at radius 3 is 2.62 bits per heavy atom. The van der Waals surface area contributed by atoms with E-state index in [-0.39, 0.29) is 5.43 Å². The maximum Gasteiger partial charge on any atom is 0.193 e. The maximum atomic E-state index is 12.1. The van der Waals surface area contributed by atoms with Crippen molar-refractivity contribution in [2.24, 2.45) is 0 Å². The molecule has 2 heterocycles. The number of hydrogen-bond donors (Lipinski definition) is 0. The Bertz CT molecular complexity index is 1020. The highest BCUT2D eigenvalue weighted by Crippen LogP contribution is 2.22. The fourth-order valence-electron chi connectivity index (χ4n) is 2.43. The van der Waals surface area contributed by atoms with Crippen molar-refractivity contribution in [2.75, 3.05) is 0 Å². The molecule has 0 aliphatic carbocycles. The van der Waals surface area contributed by atoms with Gasteiger partial charge in [-0.05, 0) is 24.3 Å². The van der Waals surface area contributed by atoms with Crippen molar-refractivity contribution in [3.05, 3.63) is 77.0 Å². The Kier molecular flexibility index (Phi) is 2.57. The van der Waals surface area contributed by atoms with Crippen LogP contribution in [0.3, 0.4) is 0 Å². The minimum atomic E-state index is -0.0539. The lowest BCUT2D eigenvalue weighted by molar-refractivity contribution is 0.616. The molecular weight excluding hydrogens is 262 g/mol. The lowest BCUT2D eigenvalue weighted by Gasteiger charge is -2.04. The molecule has 0 saturated heterocycles. The van der Waals surface area contributed by atoms with Gasteiger partial charge in [0, 0.05) is 11.5 Å². The molecule has 0 fully saturated rings. The molecule has 2 aromatic carbocycles. The first-order valence-electron chi connectivity index (χ1n) is 6.70. The number of benzene rings is 2. The first-order valence-corrected chi connectivity index (χ1v) is 6.70. The zero-order chi connectivity index (χ0) is 14.2. The highest BCUT2D eigenvalue weighted by atomic mass is 16.3. The smallest absolute Gasteiger partial charge is 0.193 e. The van der Waals surface area contributed by atoms with E-state index in [4.69, 9.17) is 4.42 Å². The summed E-state index contributed by atoms with van der Waals surface area (Å²) in [5, 5.41) is 1.64. The van der Waals surface area contributed by atoms with E-state index in [1.165, 1.54) is 6.07 Å². The molecule has 3 heteroatoms. The van der Waals surface area contributed by atoms with Crippen LogP contribution >= 0.6 is 0 Å². The molecule has 0 saturated carbocycles. The molecule has 0 radical (unpaired) electrons. The molecule has 3 nitrogen and oxygen atoms in total. The molecule has 0 N–H and O–H groups in total. The van der Waals surface area contributed by atoms with Gasteiger partial charge in [0.15, 0.2) is 11.2 Å². The molecule has 100 valence electrons. The van der Waals surface area contributed by atoms with Crippen molar-refractivity contribution in [1.82, 2.24) is 4.98 Å². The lowest BCUT2D eigenvalue weighted by atomic mass is 10.1. The molecule has 21 heavy (non-hydrogen) atoms. The topological polar surface area (TPSA) is 43.1 Å². The van der Waals surface area contributed by atoms with Crippen molar-refractivity contribution in [3.8, 4) is 11.5 Å². The summed E-state index contributed by atoms with van der Waals surface area (Å²) in [6, 6.07) is 20.4. The van der Waals surface area contributed by atoms with Crippen molar-refractivity contribution in [1.29, 1.82) is 0 Å². The molecule has 4 rings (SSSR count).